The fourth-order valence-corrected chi connectivity index (χ4v) is 5.48. The van der Waals surface area contributed by atoms with Gasteiger partial charge in [0.2, 0.25) is 15.9 Å². The van der Waals surface area contributed by atoms with Gasteiger partial charge in [-0.25, -0.2) is 13.1 Å². The van der Waals surface area contributed by atoms with E-state index < -0.39 is 34.0 Å². The Balaban J connectivity index is 2.16. The first-order valence-corrected chi connectivity index (χ1v) is 13.6. The Morgan fingerprint density at radius 1 is 1.15 bits per heavy atom. The first-order chi connectivity index (χ1) is 16.0. The van der Waals surface area contributed by atoms with Crippen molar-refractivity contribution in [2.75, 3.05) is 12.8 Å². The number of hydrogen-bond acceptors (Lipinski definition) is 4. The molecule has 0 spiro atoms. The predicted molar refractivity (Wildman–Crippen MR) is 133 cm³/mol. The van der Waals surface area contributed by atoms with Gasteiger partial charge in [0, 0.05) is 34.5 Å². The molecule has 0 radical (unpaired) electrons. The lowest BCUT2D eigenvalue weighted by Crippen LogP contribution is -2.54. The molecule has 7 nitrogen and oxygen atoms in total. The number of carboxylic acid groups (broad SMARTS) is 1. The fraction of sp³-hybridized carbons (Fsp3) is 0.417. The van der Waals surface area contributed by atoms with Crippen molar-refractivity contribution >= 4 is 45.1 Å². The summed E-state index contributed by atoms with van der Waals surface area (Å²) in [6.07, 6.45) is 1.55. The third kappa shape index (κ3) is 6.50. The summed E-state index contributed by atoms with van der Waals surface area (Å²) in [6.45, 7) is 1.89. The van der Waals surface area contributed by atoms with E-state index in [2.05, 4.69) is 4.72 Å². The topological polar surface area (TPSA) is 104 Å². The summed E-state index contributed by atoms with van der Waals surface area (Å²) in [7, 11) is -3.49. The molecule has 0 bridgehead atoms. The zero-order valence-electron chi connectivity index (χ0n) is 18.9. The highest BCUT2D eigenvalue weighted by atomic mass is 35.5. The predicted octanol–water partition coefficient (Wildman–Crippen LogP) is 4.47. The second kappa shape index (κ2) is 11.1. The van der Waals surface area contributed by atoms with E-state index in [1.165, 1.54) is 0 Å². The van der Waals surface area contributed by atoms with Gasteiger partial charge in [0.15, 0.2) is 0 Å². The average Bonchev–Trinajstić information content (AvgIpc) is 2.76. The van der Waals surface area contributed by atoms with Crippen LogP contribution in [0.25, 0.3) is 0 Å². The van der Waals surface area contributed by atoms with E-state index in [-0.39, 0.29) is 24.8 Å². The lowest BCUT2D eigenvalue weighted by atomic mass is 9.74. The minimum Gasteiger partial charge on any atom is -0.481 e. The van der Waals surface area contributed by atoms with Crippen molar-refractivity contribution in [3.8, 4) is 0 Å². The van der Waals surface area contributed by atoms with E-state index in [0.29, 0.717) is 22.9 Å². The smallest absolute Gasteiger partial charge is 0.304 e. The summed E-state index contributed by atoms with van der Waals surface area (Å²) in [6, 6.07) is 13.6. The Morgan fingerprint density at radius 3 is 2.38 bits per heavy atom. The normalized spacial score (nSPS) is 21.9. The molecule has 10 heteroatoms. The minimum absolute atomic E-state index is 0.0211. The van der Waals surface area contributed by atoms with Crippen molar-refractivity contribution in [2.45, 2.75) is 44.2 Å². The number of likely N-dealkylation sites (tertiary alicyclic amines) is 1. The summed E-state index contributed by atoms with van der Waals surface area (Å²) >= 11 is 12.4. The van der Waals surface area contributed by atoms with Crippen molar-refractivity contribution in [3.63, 3.8) is 0 Å². The molecule has 1 heterocycles. The molecule has 0 aromatic heterocycles. The van der Waals surface area contributed by atoms with Crippen LogP contribution in [-0.4, -0.2) is 49.1 Å². The number of halogens is 2. The Labute approximate surface area is 210 Å². The Morgan fingerprint density at radius 2 is 1.82 bits per heavy atom. The van der Waals surface area contributed by atoms with Gasteiger partial charge in [-0.15, -0.1) is 0 Å². The van der Waals surface area contributed by atoms with Gasteiger partial charge in [-0.3, -0.25) is 9.59 Å². The van der Waals surface area contributed by atoms with E-state index >= 15 is 0 Å². The minimum atomic E-state index is -3.49. The maximum absolute atomic E-state index is 13.7. The molecule has 0 aliphatic carbocycles. The van der Waals surface area contributed by atoms with E-state index in [9.17, 15) is 23.1 Å². The van der Waals surface area contributed by atoms with Gasteiger partial charge in [0.05, 0.1) is 18.7 Å². The quantitative estimate of drug-likeness (QED) is 0.501. The molecule has 0 unspecified atom stereocenters. The highest BCUT2D eigenvalue weighted by molar-refractivity contribution is 7.88. The number of benzene rings is 2. The molecule has 184 valence electrons. The van der Waals surface area contributed by atoms with Crippen LogP contribution in [0.15, 0.2) is 48.5 Å². The van der Waals surface area contributed by atoms with Gasteiger partial charge in [0.25, 0.3) is 0 Å². The van der Waals surface area contributed by atoms with Crippen LogP contribution in [0.4, 0.5) is 0 Å². The summed E-state index contributed by atoms with van der Waals surface area (Å²) in [5.74, 6) is -2.37. The molecule has 1 saturated heterocycles. The third-order valence-electron chi connectivity index (χ3n) is 6.18. The number of aliphatic carboxylic acids is 1. The SMILES string of the molecule is CC[C@@H](CNS(C)(=O)=O)N1C(=O)[C@@H](CC(=O)O)C[C@H](c2cccc(Cl)c2)[C@H]1c1ccc(Cl)cc1. The Kier molecular flexibility index (Phi) is 8.62. The summed E-state index contributed by atoms with van der Waals surface area (Å²) in [5, 5.41) is 10.6. The lowest BCUT2D eigenvalue weighted by Gasteiger charge is -2.48. The summed E-state index contributed by atoms with van der Waals surface area (Å²) in [5.41, 5.74) is 1.71. The number of nitrogens with zero attached hydrogens (tertiary/aromatic N) is 1. The summed E-state index contributed by atoms with van der Waals surface area (Å²) < 4.78 is 26.1. The molecule has 1 aliphatic rings. The van der Waals surface area contributed by atoms with Gasteiger partial charge in [-0.05, 0) is 48.2 Å². The molecule has 1 fully saturated rings. The first-order valence-electron chi connectivity index (χ1n) is 11.0. The fourth-order valence-electron chi connectivity index (χ4n) is 4.66. The number of piperidine rings is 1. The number of carboxylic acids is 1. The molecule has 2 aromatic rings. The number of carbonyl (C=O) groups is 2. The number of nitrogens with one attached hydrogen (secondary N) is 1. The Bertz CT molecular complexity index is 1140. The largest absolute Gasteiger partial charge is 0.481 e. The molecule has 1 aliphatic heterocycles. The van der Waals surface area contributed by atoms with Crippen molar-refractivity contribution in [1.82, 2.24) is 9.62 Å². The van der Waals surface area contributed by atoms with E-state index in [1.54, 1.807) is 23.1 Å². The number of carbonyl (C=O) groups excluding carboxylic acids is 1. The van der Waals surface area contributed by atoms with Crippen LogP contribution < -0.4 is 4.72 Å². The van der Waals surface area contributed by atoms with Gasteiger partial charge in [-0.2, -0.15) is 0 Å². The lowest BCUT2D eigenvalue weighted by molar-refractivity contribution is -0.152. The second-order valence-electron chi connectivity index (χ2n) is 8.62. The van der Waals surface area contributed by atoms with E-state index in [1.807, 2.05) is 37.3 Å². The van der Waals surface area contributed by atoms with Gasteiger partial charge < -0.3 is 10.0 Å². The van der Waals surface area contributed by atoms with Crippen molar-refractivity contribution in [1.29, 1.82) is 0 Å². The average molecular weight is 527 g/mol. The maximum atomic E-state index is 13.7. The van der Waals surface area contributed by atoms with Crippen LogP contribution in [0.1, 0.15) is 49.3 Å². The number of rotatable bonds is 9. The Hall–Kier alpha value is -2.13. The third-order valence-corrected chi connectivity index (χ3v) is 7.36. The molecule has 4 atom stereocenters. The zero-order chi connectivity index (χ0) is 25.0. The van der Waals surface area contributed by atoms with Crippen LogP contribution in [0, 0.1) is 5.92 Å². The number of hydrogen-bond donors (Lipinski definition) is 2. The van der Waals surface area contributed by atoms with Gasteiger partial charge in [-0.1, -0.05) is 54.4 Å². The molecular formula is C24H28Cl2N2O5S. The maximum Gasteiger partial charge on any atom is 0.304 e. The van der Waals surface area contributed by atoms with Crippen LogP contribution in [0.2, 0.25) is 10.0 Å². The van der Waals surface area contributed by atoms with Crippen LogP contribution >= 0.6 is 23.2 Å². The van der Waals surface area contributed by atoms with Crippen molar-refractivity contribution in [3.05, 3.63) is 69.7 Å². The van der Waals surface area contributed by atoms with Crippen LogP contribution in [-0.2, 0) is 19.6 Å². The molecule has 2 aromatic carbocycles. The standard InChI is InChI=1S/C24H28Cl2N2O5S/c1-3-20(14-27-34(2,32)33)28-23(15-7-9-18(25)10-8-15)21(16-5-4-6-19(26)11-16)12-17(24(28)31)13-22(29)30/h4-11,17,20-21,23,27H,3,12-14H2,1-2H3,(H,29,30)/t17-,20+,21-,23-/m1/s1. The molecular weight excluding hydrogens is 499 g/mol. The van der Waals surface area contributed by atoms with Crippen molar-refractivity contribution < 1.29 is 23.1 Å². The van der Waals surface area contributed by atoms with Gasteiger partial charge >= 0.3 is 5.97 Å². The van der Waals surface area contributed by atoms with Crippen LogP contribution in [0.3, 0.4) is 0 Å². The molecule has 3 rings (SSSR count). The highest BCUT2D eigenvalue weighted by Crippen LogP contribution is 2.47. The monoisotopic (exact) mass is 526 g/mol. The zero-order valence-corrected chi connectivity index (χ0v) is 21.3. The molecule has 34 heavy (non-hydrogen) atoms. The molecule has 2 N–H and O–H groups in total. The van der Waals surface area contributed by atoms with Crippen molar-refractivity contribution in [2.24, 2.45) is 5.92 Å². The second-order valence-corrected chi connectivity index (χ2v) is 11.3. The number of sulfonamides is 1. The summed E-state index contributed by atoms with van der Waals surface area (Å²) in [4.78, 5) is 27.0. The van der Waals surface area contributed by atoms with Crippen LogP contribution in [0.5, 0.6) is 0 Å². The molecule has 0 saturated carbocycles. The first kappa shape index (κ1) is 26.5. The molecule has 1 amide bonds. The highest BCUT2D eigenvalue weighted by Gasteiger charge is 2.46. The van der Waals surface area contributed by atoms with E-state index in [0.717, 1.165) is 17.4 Å². The number of amides is 1. The van der Waals surface area contributed by atoms with E-state index in [4.69, 9.17) is 23.2 Å². The van der Waals surface area contributed by atoms with Gasteiger partial charge in [0.1, 0.15) is 0 Å².